The van der Waals surface area contributed by atoms with Gasteiger partial charge in [-0.2, -0.15) is 13.2 Å². The molecule has 38 heavy (non-hydrogen) atoms. The predicted octanol–water partition coefficient (Wildman–Crippen LogP) is 6.84. The van der Waals surface area contributed by atoms with Crippen molar-refractivity contribution in [3.05, 3.63) is 89.1 Å². The van der Waals surface area contributed by atoms with Crippen molar-refractivity contribution in [2.45, 2.75) is 33.0 Å². The van der Waals surface area contributed by atoms with Crippen molar-refractivity contribution in [1.29, 1.82) is 0 Å². The number of fused-ring (bicyclic) bond motifs is 1. The highest BCUT2D eigenvalue weighted by Crippen LogP contribution is 2.46. The van der Waals surface area contributed by atoms with Gasteiger partial charge in [-0.25, -0.2) is 9.18 Å². The summed E-state index contributed by atoms with van der Waals surface area (Å²) < 4.78 is 66.0. The Kier molecular flexibility index (Phi) is 6.01. The van der Waals surface area contributed by atoms with Crippen LogP contribution >= 0.6 is 0 Å². The largest absolute Gasteiger partial charge is 0.478 e. The molecule has 0 aliphatic rings. The fourth-order valence-electron chi connectivity index (χ4n) is 4.76. The summed E-state index contributed by atoms with van der Waals surface area (Å²) >= 11 is 0. The van der Waals surface area contributed by atoms with Gasteiger partial charge in [0.25, 0.3) is 0 Å². The van der Waals surface area contributed by atoms with Gasteiger partial charge in [0.05, 0.1) is 34.0 Å². The van der Waals surface area contributed by atoms with E-state index in [9.17, 15) is 23.1 Å². The van der Waals surface area contributed by atoms with Crippen LogP contribution in [0.3, 0.4) is 0 Å². The highest BCUT2D eigenvalue weighted by atomic mass is 19.4. The Morgan fingerprint density at radius 2 is 1.84 bits per heavy atom. The molecule has 0 bridgehead atoms. The van der Waals surface area contributed by atoms with E-state index in [1.807, 2.05) is 0 Å². The monoisotopic (exact) mass is 524 g/mol. The third kappa shape index (κ3) is 4.09. The van der Waals surface area contributed by atoms with Crippen molar-refractivity contribution >= 4 is 17.0 Å². The zero-order chi connectivity index (χ0) is 27.4. The van der Waals surface area contributed by atoms with Crippen molar-refractivity contribution in [2.24, 2.45) is 0 Å². The van der Waals surface area contributed by atoms with Gasteiger partial charge >= 0.3 is 12.1 Å². The number of nitrogens with zero attached hydrogens (tertiary/aromatic N) is 4. The topological polar surface area (TPSA) is 94.0 Å². The highest BCUT2D eigenvalue weighted by Gasteiger charge is 2.42. The second-order valence-electron chi connectivity index (χ2n) is 8.81. The van der Waals surface area contributed by atoms with Crippen LogP contribution in [0.4, 0.5) is 17.6 Å². The molecule has 1 atom stereocenters. The molecule has 1 aromatic carbocycles. The molecule has 0 aliphatic heterocycles. The number of aryl methyl sites for hydroxylation is 2. The number of halogens is 4. The standard InChI is InChI=1S/C27H20F4N4O3/c1-13-22(15(3)38-34-13)17-11-21-24(33-12-17)23(18-10-16(26(36)37)7-8-19(18)28)25(27(29,30)31)35(21)14(2)20-6-4-5-9-32-20/h4-12,14H,1-3H3,(H,36,37)/t14-/m0/s1. The summed E-state index contributed by atoms with van der Waals surface area (Å²) in [6, 6.07) is 8.18. The zero-order valence-electron chi connectivity index (χ0n) is 20.3. The Hall–Kier alpha value is -4.54. The van der Waals surface area contributed by atoms with E-state index in [0.717, 1.165) is 22.8 Å². The van der Waals surface area contributed by atoms with E-state index >= 15 is 4.39 Å². The number of alkyl halides is 3. The van der Waals surface area contributed by atoms with E-state index in [4.69, 9.17) is 4.52 Å². The maximum atomic E-state index is 15.1. The summed E-state index contributed by atoms with van der Waals surface area (Å²) in [5.41, 5.74) is -0.795. The van der Waals surface area contributed by atoms with E-state index in [-0.39, 0.29) is 16.6 Å². The van der Waals surface area contributed by atoms with Crippen molar-refractivity contribution in [3.63, 3.8) is 0 Å². The number of rotatable bonds is 5. The van der Waals surface area contributed by atoms with Gasteiger partial charge in [-0.3, -0.25) is 9.97 Å². The number of aromatic nitrogens is 4. The average molecular weight is 524 g/mol. The molecule has 0 saturated heterocycles. The second-order valence-corrected chi connectivity index (χ2v) is 8.81. The molecule has 11 heteroatoms. The van der Waals surface area contributed by atoms with E-state index in [1.165, 1.54) is 18.5 Å². The van der Waals surface area contributed by atoms with Crippen LogP contribution in [-0.4, -0.2) is 30.8 Å². The molecule has 0 fully saturated rings. The first-order chi connectivity index (χ1) is 18.0. The number of pyridine rings is 2. The third-order valence-electron chi connectivity index (χ3n) is 6.42. The average Bonchev–Trinajstić information content (AvgIpc) is 3.40. The van der Waals surface area contributed by atoms with Crippen molar-refractivity contribution in [3.8, 4) is 22.3 Å². The number of carboxylic acid groups (broad SMARTS) is 1. The van der Waals surface area contributed by atoms with Crippen molar-refractivity contribution < 1.29 is 32.0 Å². The quantitative estimate of drug-likeness (QED) is 0.253. The number of benzene rings is 1. The van der Waals surface area contributed by atoms with Gasteiger partial charge in [-0.1, -0.05) is 11.2 Å². The number of carboxylic acids is 1. The van der Waals surface area contributed by atoms with Crippen LogP contribution in [0.2, 0.25) is 0 Å². The minimum absolute atomic E-state index is 0.0584. The lowest BCUT2D eigenvalue weighted by molar-refractivity contribution is -0.143. The Bertz CT molecular complexity index is 1670. The van der Waals surface area contributed by atoms with Gasteiger partial charge in [0.1, 0.15) is 17.3 Å². The molecule has 0 amide bonds. The normalized spacial score (nSPS) is 12.7. The van der Waals surface area contributed by atoms with Crippen LogP contribution in [-0.2, 0) is 6.18 Å². The summed E-state index contributed by atoms with van der Waals surface area (Å²) in [5.74, 6) is -1.96. The first kappa shape index (κ1) is 25.1. The molecule has 0 radical (unpaired) electrons. The summed E-state index contributed by atoms with van der Waals surface area (Å²) in [4.78, 5) is 20.2. The summed E-state index contributed by atoms with van der Waals surface area (Å²) in [6.07, 6.45) is -2.13. The molecule has 0 aliphatic carbocycles. The Balaban J connectivity index is 1.93. The number of hydrogen-bond acceptors (Lipinski definition) is 5. The maximum Gasteiger partial charge on any atom is 0.432 e. The van der Waals surface area contributed by atoms with Gasteiger partial charge in [-0.15, -0.1) is 0 Å². The summed E-state index contributed by atoms with van der Waals surface area (Å²) in [7, 11) is 0. The lowest BCUT2D eigenvalue weighted by Crippen LogP contribution is -2.19. The highest BCUT2D eigenvalue weighted by molar-refractivity contribution is 5.99. The SMILES string of the molecule is Cc1noc(C)c1-c1cnc2c(-c3cc(C(=O)O)ccc3F)c(C(F)(F)F)n([C@@H](C)c3ccccn3)c2c1. The van der Waals surface area contributed by atoms with Crippen molar-refractivity contribution in [1.82, 2.24) is 19.7 Å². The molecule has 0 saturated carbocycles. The number of aromatic carboxylic acids is 1. The van der Waals surface area contributed by atoms with E-state index in [0.29, 0.717) is 28.3 Å². The predicted molar refractivity (Wildman–Crippen MR) is 130 cm³/mol. The molecule has 4 heterocycles. The molecule has 4 aromatic heterocycles. The lowest BCUT2D eigenvalue weighted by atomic mass is 10.00. The Morgan fingerprint density at radius 1 is 1.08 bits per heavy atom. The van der Waals surface area contributed by atoms with Gasteiger partial charge in [-0.05, 0) is 57.2 Å². The maximum absolute atomic E-state index is 15.1. The van der Waals surface area contributed by atoms with Crippen LogP contribution in [0.15, 0.2) is 59.4 Å². The molecular weight excluding hydrogens is 504 g/mol. The summed E-state index contributed by atoms with van der Waals surface area (Å²) in [5, 5.41) is 13.4. The Morgan fingerprint density at radius 3 is 2.45 bits per heavy atom. The second kappa shape index (κ2) is 9.09. The molecule has 7 nitrogen and oxygen atoms in total. The first-order valence-corrected chi connectivity index (χ1v) is 11.5. The fourth-order valence-corrected chi connectivity index (χ4v) is 4.76. The molecule has 194 valence electrons. The molecule has 0 unspecified atom stereocenters. The first-order valence-electron chi connectivity index (χ1n) is 11.5. The molecule has 1 N–H and O–H groups in total. The lowest BCUT2D eigenvalue weighted by Gasteiger charge is -2.21. The van der Waals surface area contributed by atoms with Crippen LogP contribution in [0.5, 0.6) is 0 Å². The summed E-state index contributed by atoms with van der Waals surface area (Å²) in [6.45, 7) is 4.92. The van der Waals surface area contributed by atoms with E-state index in [1.54, 1.807) is 39.0 Å². The van der Waals surface area contributed by atoms with Crippen LogP contribution in [0.1, 0.15) is 46.2 Å². The smallest absolute Gasteiger partial charge is 0.432 e. The zero-order valence-corrected chi connectivity index (χ0v) is 20.3. The third-order valence-corrected chi connectivity index (χ3v) is 6.42. The molecule has 5 rings (SSSR count). The molecule has 0 spiro atoms. The van der Waals surface area contributed by atoms with Crippen molar-refractivity contribution in [2.75, 3.05) is 0 Å². The minimum atomic E-state index is -4.96. The van der Waals surface area contributed by atoms with Crippen LogP contribution in [0, 0.1) is 19.7 Å². The molecular formula is C27H20F4N4O3. The van der Waals surface area contributed by atoms with E-state index < -0.39 is 40.8 Å². The Labute approximate surface area is 213 Å². The van der Waals surface area contributed by atoms with Crippen LogP contribution < -0.4 is 0 Å². The van der Waals surface area contributed by atoms with Gasteiger partial charge < -0.3 is 14.2 Å². The van der Waals surface area contributed by atoms with Gasteiger partial charge in [0.2, 0.25) is 0 Å². The number of carbonyl (C=O) groups is 1. The van der Waals surface area contributed by atoms with Gasteiger partial charge in [0.15, 0.2) is 0 Å². The van der Waals surface area contributed by atoms with E-state index in [2.05, 4.69) is 15.1 Å². The fraction of sp³-hybridized carbons (Fsp3) is 0.185. The minimum Gasteiger partial charge on any atom is -0.478 e. The van der Waals surface area contributed by atoms with Gasteiger partial charge in [0, 0.05) is 34.6 Å². The number of hydrogen-bond donors (Lipinski definition) is 1. The van der Waals surface area contributed by atoms with Crippen LogP contribution in [0.25, 0.3) is 33.3 Å². The molecule has 5 aromatic rings.